The van der Waals surface area contributed by atoms with Crippen molar-refractivity contribution in [3.63, 3.8) is 0 Å². The summed E-state index contributed by atoms with van der Waals surface area (Å²) in [6.07, 6.45) is 1.06. The lowest BCUT2D eigenvalue weighted by Gasteiger charge is -2.19. The van der Waals surface area contributed by atoms with Crippen LogP contribution in [-0.2, 0) is 23.1 Å². The van der Waals surface area contributed by atoms with Crippen LogP contribution in [0.4, 0.5) is 10.1 Å². The minimum Gasteiger partial charge on any atom is -0.508 e. The minimum absolute atomic E-state index is 0.0174. The Labute approximate surface area is 268 Å². The van der Waals surface area contributed by atoms with Crippen molar-refractivity contribution in [2.75, 3.05) is 18.8 Å². The average Bonchev–Trinajstić information content (AvgIpc) is 3.55. The molecule has 4 N–H and O–H groups in total. The fraction of sp³-hybridized carbons (Fsp3) is 0.189. The number of nitrogen functional groups attached to an aromatic ring is 1. The third-order valence-electron chi connectivity index (χ3n) is 8.42. The summed E-state index contributed by atoms with van der Waals surface area (Å²) < 4.78 is 50.2. The van der Waals surface area contributed by atoms with E-state index >= 15 is 4.39 Å². The first-order chi connectivity index (χ1) is 22.0. The average molecular weight is 639 g/mol. The molecule has 0 amide bonds. The van der Waals surface area contributed by atoms with Gasteiger partial charge in [0.05, 0.1) is 4.90 Å². The Morgan fingerprint density at radius 3 is 2.48 bits per heavy atom. The van der Waals surface area contributed by atoms with E-state index in [9.17, 15) is 18.6 Å². The lowest BCUT2D eigenvalue weighted by Crippen LogP contribution is -2.28. The first-order valence-electron chi connectivity index (χ1n) is 15.0. The van der Waals surface area contributed by atoms with Gasteiger partial charge < -0.3 is 20.7 Å². The number of hydrogen-bond acceptors (Lipinski definition) is 6. The van der Waals surface area contributed by atoms with E-state index in [-0.39, 0.29) is 28.9 Å². The molecule has 0 spiro atoms. The van der Waals surface area contributed by atoms with E-state index in [2.05, 4.69) is 0 Å². The number of halogens is 1. The number of hydrogen-bond donors (Lipinski definition) is 3. The molecule has 236 valence electrons. The second kappa shape index (κ2) is 12.9. The standard InChI is InChI=1S/C37H35FN2O5S/c1-24-5-9-32(39)20-37(24)45-23-26-3-2-4-27(16-26)29-13-14-40(22-29)46(43,44)35-18-30(17-31(38)19-35)36-21-34(42)12-8-28(36)15-25-6-10-33(41)11-7-25/h2-12,16-21,29,41-42H,13-15,22-23,39H2,1H3. The number of ether oxygens (including phenoxy) is 1. The Balaban J connectivity index is 1.21. The van der Waals surface area contributed by atoms with Gasteiger partial charge in [-0.2, -0.15) is 4.31 Å². The Kier molecular flexibility index (Phi) is 8.71. The number of benzene rings is 5. The number of anilines is 1. The third kappa shape index (κ3) is 6.85. The number of nitrogens with two attached hydrogens (primary N) is 1. The third-order valence-corrected chi connectivity index (χ3v) is 10.3. The largest absolute Gasteiger partial charge is 0.508 e. The van der Waals surface area contributed by atoms with Crippen molar-refractivity contribution in [1.29, 1.82) is 0 Å². The Morgan fingerprint density at radius 1 is 0.891 bits per heavy atom. The van der Waals surface area contributed by atoms with E-state index in [0.29, 0.717) is 42.8 Å². The highest BCUT2D eigenvalue weighted by molar-refractivity contribution is 7.89. The van der Waals surface area contributed by atoms with Gasteiger partial charge in [0.2, 0.25) is 10.0 Å². The van der Waals surface area contributed by atoms with Gasteiger partial charge in [-0.05, 0) is 113 Å². The molecule has 1 aliphatic heterocycles. The van der Waals surface area contributed by atoms with Crippen molar-refractivity contribution in [2.45, 2.75) is 37.2 Å². The van der Waals surface area contributed by atoms with Crippen molar-refractivity contribution < 1.29 is 27.8 Å². The van der Waals surface area contributed by atoms with E-state index < -0.39 is 15.8 Å². The molecule has 5 aromatic rings. The van der Waals surface area contributed by atoms with Crippen molar-refractivity contribution in [2.24, 2.45) is 0 Å². The maximum atomic E-state index is 15.1. The molecule has 5 aromatic carbocycles. The van der Waals surface area contributed by atoms with Gasteiger partial charge in [-0.3, -0.25) is 0 Å². The zero-order valence-corrected chi connectivity index (χ0v) is 26.2. The summed E-state index contributed by atoms with van der Waals surface area (Å²) in [6.45, 7) is 2.88. The molecule has 1 heterocycles. The monoisotopic (exact) mass is 638 g/mol. The molecule has 0 saturated carbocycles. The second-order valence-corrected chi connectivity index (χ2v) is 13.7. The Bertz CT molecular complexity index is 2000. The van der Waals surface area contributed by atoms with Crippen LogP contribution in [0.3, 0.4) is 0 Å². The lowest BCUT2D eigenvalue weighted by atomic mass is 9.94. The quantitative estimate of drug-likeness (QED) is 0.148. The van der Waals surface area contributed by atoms with Crippen molar-refractivity contribution in [3.8, 4) is 28.4 Å². The van der Waals surface area contributed by atoms with Crippen molar-refractivity contribution in [1.82, 2.24) is 4.31 Å². The highest BCUT2D eigenvalue weighted by Gasteiger charge is 2.34. The van der Waals surface area contributed by atoms with E-state index in [1.165, 1.54) is 22.5 Å². The van der Waals surface area contributed by atoms with Crippen LogP contribution in [0.15, 0.2) is 108 Å². The highest BCUT2D eigenvalue weighted by Crippen LogP contribution is 2.35. The predicted molar refractivity (Wildman–Crippen MR) is 177 cm³/mol. The maximum Gasteiger partial charge on any atom is 0.243 e. The van der Waals surface area contributed by atoms with Crippen LogP contribution >= 0.6 is 0 Å². The number of sulfonamides is 1. The molecule has 0 radical (unpaired) electrons. The second-order valence-electron chi connectivity index (χ2n) is 11.8. The molecule has 0 aliphatic carbocycles. The molecular weight excluding hydrogens is 603 g/mol. The van der Waals surface area contributed by atoms with Crippen LogP contribution in [0.25, 0.3) is 11.1 Å². The molecule has 9 heteroatoms. The summed E-state index contributed by atoms with van der Waals surface area (Å²) in [7, 11) is -4.02. The first-order valence-corrected chi connectivity index (χ1v) is 16.5. The molecule has 7 nitrogen and oxygen atoms in total. The molecular formula is C37H35FN2O5S. The zero-order chi connectivity index (χ0) is 32.4. The molecule has 0 bridgehead atoms. The Hall–Kier alpha value is -4.86. The minimum atomic E-state index is -4.02. The number of phenolic OH excluding ortho intramolecular Hbond substituents is 2. The van der Waals surface area contributed by atoms with E-state index in [4.69, 9.17) is 10.5 Å². The number of aryl methyl sites for hydroxylation is 1. The van der Waals surface area contributed by atoms with Crippen molar-refractivity contribution in [3.05, 3.63) is 137 Å². The number of nitrogens with zero attached hydrogens (tertiary/aromatic N) is 1. The molecule has 1 saturated heterocycles. The molecule has 46 heavy (non-hydrogen) atoms. The Morgan fingerprint density at radius 2 is 1.67 bits per heavy atom. The SMILES string of the molecule is Cc1ccc(N)cc1OCc1cccc(C2CCN(S(=O)(=O)c3cc(F)cc(-c4cc(O)ccc4Cc4ccc(O)cc4)c3)C2)c1. The lowest BCUT2D eigenvalue weighted by molar-refractivity contribution is 0.304. The van der Waals surface area contributed by atoms with Crippen LogP contribution in [0.2, 0.25) is 0 Å². The van der Waals surface area contributed by atoms with E-state index in [0.717, 1.165) is 39.6 Å². The van der Waals surface area contributed by atoms with E-state index in [1.54, 1.807) is 42.5 Å². The van der Waals surface area contributed by atoms with Crippen LogP contribution in [-0.4, -0.2) is 36.0 Å². The molecule has 1 atom stereocenters. The molecule has 6 rings (SSSR count). The van der Waals surface area contributed by atoms with Gasteiger partial charge >= 0.3 is 0 Å². The van der Waals surface area contributed by atoms with Gasteiger partial charge in [0, 0.05) is 24.8 Å². The smallest absolute Gasteiger partial charge is 0.243 e. The summed E-state index contributed by atoms with van der Waals surface area (Å²) in [5.74, 6) is 0.130. The van der Waals surface area contributed by atoms with Gasteiger partial charge in [-0.25, -0.2) is 12.8 Å². The van der Waals surface area contributed by atoms with Gasteiger partial charge in [0.15, 0.2) is 0 Å². The summed E-state index contributed by atoms with van der Waals surface area (Å²) in [6, 6.07) is 28.8. The summed E-state index contributed by atoms with van der Waals surface area (Å²) in [4.78, 5) is -0.137. The molecule has 1 aliphatic rings. The van der Waals surface area contributed by atoms with Gasteiger partial charge in [-0.1, -0.05) is 48.5 Å². The molecule has 1 fully saturated rings. The summed E-state index contributed by atoms with van der Waals surface area (Å²) >= 11 is 0. The van der Waals surface area contributed by atoms with Crippen LogP contribution in [0.5, 0.6) is 17.2 Å². The van der Waals surface area contributed by atoms with Crippen LogP contribution in [0.1, 0.15) is 40.2 Å². The molecule has 1 unspecified atom stereocenters. The fourth-order valence-electron chi connectivity index (χ4n) is 5.93. The first kappa shape index (κ1) is 31.1. The molecule has 0 aromatic heterocycles. The highest BCUT2D eigenvalue weighted by atomic mass is 32.2. The van der Waals surface area contributed by atoms with E-state index in [1.807, 2.05) is 43.3 Å². The van der Waals surface area contributed by atoms with Gasteiger partial charge in [-0.15, -0.1) is 0 Å². The fourth-order valence-corrected chi connectivity index (χ4v) is 7.48. The summed E-state index contributed by atoms with van der Waals surface area (Å²) in [5, 5.41) is 19.9. The van der Waals surface area contributed by atoms with Crippen LogP contribution in [0, 0.1) is 12.7 Å². The zero-order valence-electron chi connectivity index (χ0n) is 25.4. The number of phenols is 2. The number of rotatable bonds is 9. The topological polar surface area (TPSA) is 113 Å². The van der Waals surface area contributed by atoms with Crippen LogP contribution < -0.4 is 10.5 Å². The van der Waals surface area contributed by atoms with Gasteiger partial charge in [0.25, 0.3) is 0 Å². The van der Waals surface area contributed by atoms with Gasteiger partial charge in [0.1, 0.15) is 29.7 Å². The maximum absolute atomic E-state index is 15.1. The number of aromatic hydroxyl groups is 2. The predicted octanol–water partition coefficient (Wildman–Crippen LogP) is 7.14. The normalized spacial score (nSPS) is 15.2. The van der Waals surface area contributed by atoms with Crippen molar-refractivity contribution >= 4 is 15.7 Å². The summed E-state index contributed by atoms with van der Waals surface area (Å²) in [5.41, 5.74) is 12.0.